The second-order valence-electron chi connectivity index (χ2n) is 3.95. The van der Waals surface area contributed by atoms with Crippen molar-refractivity contribution in [1.82, 2.24) is 9.97 Å². The average molecular weight is 235 g/mol. The van der Waals surface area contributed by atoms with Crippen molar-refractivity contribution in [2.45, 2.75) is 0 Å². The van der Waals surface area contributed by atoms with Crippen LogP contribution in [0.1, 0.15) is 0 Å². The Morgan fingerprint density at radius 1 is 1.06 bits per heavy atom. The van der Waals surface area contributed by atoms with Crippen molar-refractivity contribution in [3.63, 3.8) is 0 Å². The molecule has 0 N–H and O–H groups in total. The zero-order valence-corrected chi connectivity index (χ0v) is 9.25. The molecule has 85 valence electrons. The lowest BCUT2D eigenvalue weighted by atomic mass is 10.2. The lowest BCUT2D eigenvalue weighted by Crippen LogP contribution is -1.77. The number of aromatic nitrogens is 2. The molecule has 18 heavy (non-hydrogen) atoms. The van der Waals surface area contributed by atoms with Crippen molar-refractivity contribution in [1.29, 1.82) is 0 Å². The molecule has 4 heteroatoms. The second-order valence-corrected chi connectivity index (χ2v) is 3.95. The fraction of sp³-hybridized carbons (Fsp3) is 0. The maximum atomic E-state index is 5.68. The molecule has 0 aliphatic carbocycles. The molecule has 0 atom stereocenters. The van der Waals surface area contributed by atoms with Gasteiger partial charge >= 0.3 is 0 Å². The average Bonchev–Trinajstić information content (AvgIpc) is 3.04. The van der Waals surface area contributed by atoms with Crippen molar-refractivity contribution in [3.8, 4) is 11.5 Å². The summed E-state index contributed by atoms with van der Waals surface area (Å²) < 4.78 is 10.9. The van der Waals surface area contributed by atoms with Gasteiger partial charge in [-0.1, -0.05) is 6.07 Å². The summed E-state index contributed by atoms with van der Waals surface area (Å²) in [4.78, 5) is 8.55. The van der Waals surface area contributed by atoms with E-state index in [0.29, 0.717) is 5.89 Å². The first-order chi connectivity index (χ1) is 8.90. The Labute approximate surface area is 102 Å². The minimum Gasteiger partial charge on any atom is -0.443 e. The largest absolute Gasteiger partial charge is 0.443 e. The van der Waals surface area contributed by atoms with Gasteiger partial charge in [0.25, 0.3) is 0 Å². The third-order valence-corrected chi connectivity index (χ3v) is 2.81. The molecular formula is C14H7N2O2. The van der Waals surface area contributed by atoms with E-state index >= 15 is 0 Å². The molecule has 0 spiro atoms. The highest BCUT2D eigenvalue weighted by molar-refractivity contribution is 5.80. The van der Waals surface area contributed by atoms with Gasteiger partial charge in [-0.05, 0) is 36.4 Å². The number of oxazole rings is 2. The number of hydrogen-bond donors (Lipinski definition) is 0. The van der Waals surface area contributed by atoms with Crippen LogP contribution >= 0.6 is 0 Å². The van der Waals surface area contributed by atoms with Gasteiger partial charge < -0.3 is 8.83 Å². The van der Waals surface area contributed by atoms with E-state index in [1.165, 1.54) is 6.39 Å². The number of rotatable bonds is 1. The van der Waals surface area contributed by atoms with Crippen LogP contribution in [0.2, 0.25) is 0 Å². The predicted octanol–water partition coefficient (Wildman–Crippen LogP) is 3.44. The van der Waals surface area contributed by atoms with E-state index in [4.69, 9.17) is 8.83 Å². The molecule has 4 rings (SSSR count). The van der Waals surface area contributed by atoms with Crippen molar-refractivity contribution in [2.24, 2.45) is 0 Å². The van der Waals surface area contributed by atoms with Crippen LogP contribution < -0.4 is 0 Å². The Morgan fingerprint density at radius 3 is 3.00 bits per heavy atom. The minimum absolute atomic E-state index is 0.578. The summed E-state index contributed by atoms with van der Waals surface area (Å²) in [5.74, 6) is 0.578. The summed E-state index contributed by atoms with van der Waals surface area (Å²) in [5, 5.41) is 0. The van der Waals surface area contributed by atoms with Crippen LogP contribution in [0.4, 0.5) is 0 Å². The van der Waals surface area contributed by atoms with Crippen LogP contribution in [0.15, 0.2) is 51.6 Å². The monoisotopic (exact) mass is 235 g/mol. The van der Waals surface area contributed by atoms with Crippen molar-refractivity contribution >= 4 is 22.2 Å². The minimum atomic E-state index is 0.578. The highest BCUT2D eigenvalue weighted by atomic mass is 16.3. The molecule has 0 unspecified atom stereocenters. The fourth-order valence-corrected chi connectivity index (χ4v) is 1.93. The zero-order valence-electron chi connectivity index (χ0n) is 9.25. The van der Waals surface area contributed by atoms with E-state index in [-0.39, 0.29) is 0 Å². The quantitative estimate of drug-likeness (QED) is 0.507. The van der Waals surface area contributed by atoms with Gasteiger partial charge in [-0.15, -0.1) is 0 Å². The lowest BCUT2D eigenvalue weighted by Gasteiger charge is -1.93. The number of nitrogens with zero attached hydrogens (tertiary/aromatic N) is 2. The van der Waals surface area contributed by atoms with Crippen molar-refractivity contribution in [2.75, 3.05) is 0 Å². The molecule has 2 aromatic carbocycles. The van der Waals surface area contributed by atoms with Crippen LogP contribution in [0.5, 0.6) is 0 Å². The Hall–Kier alpha value is -2.62. The van der Waals surface area contributed by atoms with Crippen LogP contribution in [-0.4, -0.2) is 9.97 Å². The molecule has 2 aromatic heterocycles. The van der Waals surface area contributed by atoms with Gasteiger partial charge in [-0.2, -0.15) is 0 Å². The standard InChI is InChI=1S/C14H7N2O2/c1-2-4-13-10(3-1)16-14(18-13)9-5-6-12-11(7-9)15-8-17-12/h1,3-8H. The first kappa shape index (κ1) is 9.41. The van der Waals surface area contributed by atoms with Gasteiger partial charge in [0.15, 0.2) is 17.6 Å². The lowest BCUT2D eigenvalue weighted by molar-refractivity contribution is 0.602. The van der Waals surface area contributed by atoms with Gasteiger partial charge in [0.2, 0.25) is 5.89 Å². The molecule has 0 aliphatic heterocycles. The van der Waals surface area contributed by atoms with Gasteiger partial charge in [0.1, 0.15) is 11.0 Å². The third kappa shape index (κ3) is 1.32. The van der Waals surface area contributed by atoms with Gasteiger partial charge in [-0.3, -0.25) is 0 Å². The SMILES string of the molecule is [c]1ccc2nc(-c3ccc4ocnc4c3)oc2c1. The Bertz CT molecular complexity index is 812. The summed E-state index contributed by atoms with van der Waals surface area (Å²) in [5.41, 5.74) is 3.98. The topological polar surface area (TPSA) is 52.1 Å². The number of benzene rings is 2. The Morgan fingerprint density at radius 2 is 2.06 bits per heavy atom. The molecule has 4 aromatic rings. The predicted molar refractivity (Wildman–Crippen MR) is 65.8 cm³/mol. The summed E-state index contributed by atoms with van der Waals surface area (Å²) in [6.45, 7) is 0. The van der Waals surface area contributed by atoms with Gasteiger partial charge in [0.05, 0.1) is 0 Å². The highest BCUT2D eigenvalue weighted by Gasteiger charge is 2.09. The van der Waals surface area contributed by atoms with Gasteiger partial charge in [0, 0.05) is 5.56 Å². The maximum absolute atomic E-state index is 5.68. The van der Waals surface area contributed by atoms with E-state index in [2.05, 4.69) is 16.0 Å². The van der Waals surface area contributed by atoms with E-state index in [1.807, 2.05) is 30.3 Å². The molecule has 2 heterocycles. The van der Waals surface area contributed by atoms with Crippen molar-refractivity contribution in [3.05, 3.63) is 48.9 Å². The van der Waals surface area contributed by atoms with Crippen LogP contribution in [0.3, 0.4) is 0 Å². The first-order valence-corrected chi connectivity index (χ1v) is 5.50. The molecule has 0 amide bonds. The molecular weight excluding hydrogens is 228 g/mol. The summed E-state index contributed by atoms with van der Waals surface area (Å²) >= 11 is 0. The van der Waals surface area contributed by atoms with Crippen LogP contribution in [0, 0.1) is 6.07 Å². The molecule has 0 fully saturated rings. The highest BCUT2D eigenvalue weighted by Crippen LogP contribution is 2.26. The molecule has 0 bridgehead atoms. The molecule has 0 aliphatic rings. The van der Waals surface area contributed by atoms with Gasteiger partial charge in [-0.25, -0.2) is 9.97 Å². The summed E-state index contributed by atoms with van der Waals surface area (Å²) in [6.07, 6.45) is 1.43. The first-order valence-electron chi connectivity index (χ1n) is 5.50. The van der Waals surface area contributed by atoms with E-state index < -0.39 is 0 Å². The van der Waals surface area contributed by atoms with E-state index in [0.717, 1.165) is 27.8 Å². The normalized spacial score (nSPS) is 11.3. The molecule has 0 saturated carbocycles. The number of hydrogen-bond acceptors (Lipinski definition) is 4. The smallest absolute Gasteiger partial charge is 0.227 e. The van der Waals surface area contributed by atoms with Crippen molar-refractivity contribution < 1.29 is 8.83 Å². The third-order valence-electron chi connectivity index (χ3n) is 2.81. The number of fused-ring (bicyclic) bond motifs is 2. The Balaban J connectivity index is 1.94. The fourth-order valence-electron chi connectivity index (χ4n) is 1.93. The molecule has 0 saturated heterocycles. The maximum Gasteiger partial charge on any atom is 0.227 e. The molecule has 1 radical (unpaired) electrons. The zero-order chi connectivity index (χ0) is 11.9. The second kappa shape index (κ2) is 3.43. The summed E-state index contributed by atoms with van der Waals surface area (Å²) in [6, 6.07) is 14.1. The summed E-state index contributed by atoms with van der Waals surface area (Å²) in [7, 11) is 0. The molecule has 4 nitrogen and oxygen atoms in total. The van der Waals surface area contributed by atoms with E-state index in [9.17, 15) is 0 Å². The van der Waals surface area contributed by atoms with Crippen LogP contribution in [-0.2, 0) is 0 Å². The Kier molecular flexibility index (Phi) is 1.80. The van der Waals surface area contributed by atoms with Crippen LogP contribution in [0.25, 0.3) is 33.7 Å². The van der Waals surface area contributed by atoms with E-state index in [1.54, 1.807) is 6.07 Å².